The number of hydrogen-bond donors (Lipinski definition) is 3. The van der Waals surface area contributed by atoms with Gasteiger partial charge in [0.05, 0.1) is 13.2 Å². The van der Waals surface area contributed by atoms with E-state index in [0.29, 0.717) is 13.2 Å². The Labute approximate surface area is 181 Å². The summed E-state index contributed by atoms with van der Waals surface area (Å²) in [4.78, 5) is 4.78. The van der Waals surface area contributed by atoms with Crippen LogP contribution in [0.5, 0.6) is 0 Å². The first-order chi connectivity index (χ1) is 12.5. The fourth-order valence-electron chi connectivity index (χ4n) is 3.79. The number of hydrogen-bond acceptors (Lipinski definition) is 3. The van der Waals surface area contributed by atoms with E-state index in [-0.39, 0.29) is 36.0 Å². The van der Waals surface area contributed by atoms with Crippen molar-refractivity contribution in [2.24, 2.45) is 10.4 Å². The Morgan fingerprint density at radius 3 is 2.48 bits per heavy atom. The Morgan fingerprint density at radius 2 is 1.93 bits per heavy atom. The molecule has 0 radical (unpaired) electrons. The minimum atomic E-state index is -0.0127. The van der Waals surface area contributed by atoms with Gasteiger partial charge in [-0.1, -0.05) is 17.7 Å². The van der Waals surface area contributed by atoms with Gasteiger partial charge < -0.3 is 20.5 Å². The van der Waals surface area contributed by atoms with Crippen LogP contribution in [0.4, 0.5) is 0 Å². The summed E-state index contributed by atoms with van der Waals surface area (Å²) in [7, 11) is 0. The monoisotopic (exact) mass is 489 g/mol. The summed E-state index contributed by atoms with van der Waals surface area (Å²) in [6.07, 6.45) is 2.70. The molecule has 0 spiro atoms. The van der Waals surface area contributed by atoms with E-state index in [1.807, 2.05) is 0 Å². The van der Waals surface area contributed by atoms with Gasteiger partial charge in [-0.3, -0.25) is 4.99 Å². The minimum Gasteiger partial charge on any atom is -0.396 e. The first-order valence-electron chi connectivity index (χ1n) is 9.77. The molecular weight excluding hydrogens is 453 g/mol. The van der Waals surface area contributed by atoms with Gasteiger partial charge in [-0.05, 0) is 63.6 Å². The van der Waals surface area contributed by atoms with Crippen LogP contribution in [0, 0.1) is 26.2 Å². The third-order valence-electron chi connectivity index (χ3n) is 5.25. The number of guanidine groups is 1. The third-order valence-corrected chi connectivity index (χ3v) is 5.25. The minimum absolute atomic E-state index is 0. The topological polar surface area (TPSA) is 65.9 Å². The molecule has 6 heteroatoms. The number of benzene rings is 1. The molecule has 1 atom stereocenters. The van der Waals surface area contributed by atoms with Crippen molar-refractivity contribution >= 4 is 29.9 Å². The van der Waals surface area contributed by atoms with Crippen LogP contribution in [0.3, 0.4) is 0 Å². The number of nitrogens with zero attached hydrogens (tertiary/aromatic N) is 1. The summed E-state index contributed by atoms with van der Waals surface area (Å²) in [5.41, 5.74) is 5.44. The zero-order valence-corrected chi connectivity index (χ0v) is 19.6. The normalized spacial score (nSPS) is 19.7. The lowest BCUT2D eigenvalue weighted by Crippen LogP contribution is -2.39. The first kappa shape index (κ1) is 24.2. The smallest absolute Gasteiger partial charge is 0.191 e. The molecule has 1 fully saturated rings. The molecule has 1 saturated heterocycles. The lowest BCUT2D eigenvalue weighted by Gasteiger charge is -2.25. The summed E-state index contributed by atoms with van der Waals surface area (Å²) >= 11 is 0. The van der Waals surface area contributed by atoms with Gasteiger partial charge in [0, 0.05) is 31.7 Å². The van der Waals surface area contributed by atoms with Crippen LogP contribution in [0.1, 0.15) is 42.0 Å². The van der Waals surface area contributed by atoms with E-state index in [1.165, 1.54) is 22.3 Å². The second-order valence-electron chi connectivity index (χ2n) is 7.53. The van der Waals surface area contributed by atoms with E-state index in [1.54, 1.807) is 0 Å². The third kappa shape index (κ3) is 7.23. The number of halogens is 1. The average Bonchev–Trinajstić information content (AvgIpc) is 3.04. The number of aliphatic hydroxyl groups excluding tert-OH is 1. The van der Waals surface area contributed by atoms with Crippen molar-refractivity contribution in [3.63, 3.8) is 0 Å². The fourth-order valence-corrected chi connectivity index (χ4v) is 3.79. The van der Waals surface area contributed by atoms with E-state index in [0.717, 1.165) is 44.9 Å². The Balaban J connectivity index is 0.00000364. The van der Waals surface area contributed by atoms with Crippen LogP contribution in [0.25, 0.3) is 0 Å². The Kier molecular flexibility index (Phi) is 10.6. The first-order valence-corrected chi connectivity index (χ1v) is 9.77. The number of nitrogens with one attached hydrogen (secondary N) is 2. The van der Waals surface area contributed by atoms with Gasteiger partial charge in [0.1, 0.15) is 0 Å². The molecule has 1 unspecified atom stereocenters. The lowest BCUT2D eigenvalue weighted by molar-refractivity contribution is 0.131. The standard InChI is InChI=1S/C21H35N3O2.HI/c1-5-22-20(24-14-21(7-10-25)8-11-26-15-21)23-9-6-19-17(3)12-16(2)13-18(19)4;/h12-13,25H,5-11,14-15H2,1-4H3,(H2,22,23,24);1H. The maximum atomic E-state index is 9.36. The highest BCUT2D eigenvalue weighted by Gasteiger charge is 2.34. The van der Waals surface area contributed by atoms with E-state index in [2.05, 4.69) is 50.5 Å². The largest absolute Gasteiger partial charge is 0.396 e. The average molecular weight is 489 g/mol. The van der Waals surface area contributed by atoms with Crippen LogP contribution >= 0.6 is 24.0 Å². The van der Waals surface area contributed by atoms with Gasteiger partial charge in [-0.2, -0.15) is 0 Å². The zero-order chi connectivity index (χ0) is 19.0. The summed E-state index contributed by atoms with van der Waals surface area (Å²) in [5, 5.41) is 16.1. The Morgan fingerprint density at radius 1 is 1.22 bits per heavy atom. The van der Waals surface area contributed by atoms with Crippen molar-refractivity contribution in [3.05, 3.63) is 34.4 Å². The van der Waals surface area contributed by atoms with Gasteiger partial charge in [0.2, 0.25) is 0 Å². The maximum absolute atomic E-state index is 9.36. The molecule has 1 heterocycles. The van der Waals surface area contributed by atoms with Crippen molar-refractivity contribution in [1.82, 2.24) is 10.6 Å². The predicted molar refractivity (Wildman–Crippen MR) is 123 cm³/mol. The molecule has 0 bridgehead atoms. The molecule has 1 aromatic rings. The second-order valence-corrected chi connectivity index (χ2v) is 7.53. The van der Waals surface area contributed by atoms with Gasteiger partial charge in [-0.15, -0.1) is 24.0 Å². The molecule has 2 rings (SSSR count). The maximum Gasteiger partial charge on any atom is 0.191 e. The van der Waals surface area contributed by atoms with Crippen LogP contribution < -0.4 is 10.6 Å². The molecule has 3 N–H and O–H groups in total. The van der Waals surface area contributed by atoms with E-state index in [9.17, 15) is 5.11 Å². The number of aliphatic imine (C=N–C) groups is 1. The van der Waals surface area contributed by atoms with Crippen molar-refractivity contribution in [2.45, 2.75) is 47.0 Å². The van der Waals surface area contributed by atoms with Crippen LogP contribution in [0.15, 0.2) is 17.1 Å². The highest BCUT2D eigenvalue weighted by molar-refractivity contribution is 14.0. The van der Waals surface area contributed by atoms with E-state index >= 15 is 0 Å². The van der Waals surface area contributed by atoms with Crippen molar-refractivity contribution in [2.75, 3.05) is 39.5 Å². The number of rotatable bonds is 8. The molecule has 0 amide bonds. The van der Waals surface area contributed by atoms with Crippen LogP contribution in [-0.4, -0.2) is 50.5 Å². The molecule has 1 aliphatic heterocycles. The summed E-state index contributed by atoms with van der Waals surface area (Å²) in [6, 6.07) is 4.50. The van der Waals surface area contributed by atoms with Crippen molar-refractivity contribution in [1.29, 1.82) is 0 Å². The number of ether oxygens (including phenoxy) is 1. The molecule has 1 aliphatic rings. The van der Waals surface area contributed by atoms with Crippen LogP contribution in [0.2, 0.25) is 0 Å². The van der Waals surface area contributed by atoms with Gasteiger partial charge in [0.15, 0.2) is 5.96 Å². The molecule has 1 aromatic carbocycles. The summed E-state index contributed by atoms with van der Waals surface area (Å²) < 4.78 is 5.56. The summed E-state index contributed by atoms with van der Waals surface area (Å²) in [5.74, 6) is 0.846. The molecule has 27 heavy (non-hydrogen) atoms. The molecule has 154 valence electrons. The molecule has 0 aromatic heterocycles. The van der Waals surface area contributed by atoms with E-state index in [4.69, 9.17) is 9.73 Å². The highest BCUT2D eigenvalue weighted by atomic mass is 127. The molecular formula is C21H36IN3O2. The molecule has 0 aliphatic carbocycles. The van der Waals surface area contributed by atoms with E-state index < -0.39 is 0 Å². The van der Waals surface area contributed by atoms with Crippen molar-refractivity contribution < 1.29 is 9.84 Å². The van der Waals surface area contributed by atoms with Crippen molar-refractivity contribution in [3.8, 4) is 0 Å². The summed E-state index contributed by atoms with van der Waals surface area (Å²) in [6.45, 7) is 12.6. The van der Waals surface area contributed by atoms with Gasteiger partial charge >= 0.3 is 0 Å². The Hall–Kier alpha value is -0.860. The van der Waals surface area contributed by atoms with Crippen LogP contribution in [-0.2, 0) is 11.2 Å². The molecule has 5 nitrogen and oxygen atoms in total. The quantitative estimate of drug-likeness (QED) is 0.298. The predicted octanol–water partition coefficient (Wildman–Crippen LogP) is 3.12. The van der Waals surface area contributed by atoms with Gasteiger partial charge in [0.25, 0.3) is 0 Å². The van der Waals surface area contributed by atoms with Gasteiger partial charge in [-0.25, -0.2) is 0 Å². The molecule has 0 saturated carbocycles. The zero-order valence-electron chi connectivity index (χ0n) is 17.2. The highest BCUT2D eigenvalue weighted by Crippen LogP contribution is 2.32. The fraction of sp³-hybridized carbons (Fsp3) is 0.667. The number of aryl methyl sites for hydroxylation is 3. The Bertz CT molecular complexity index is 590. The number of aliphatic hydroxyl groups is 1. The lowest BCUT2D eigenvalue weighted by atomic mass is 9.84. The SMILES string of the molecule is CCNC(=NCC1(CCO)CCOC1)NCCc1c(C)cc(C)cc1C.I. The second kappa shape index (κ2) is 11.9.